The van der Waals surface area contributed by atoms with Gasteiger partial charge in [-0.3, -0.25) is 4.98 Å². The highest BCUT2D eigenvalue weighted by Crippen LogP contribution is 2.39. The van der Waals surface area contributed by atoms with Crippen molar-refractivity contribution in [1.82, 2.24) is 9.38 Å². The van der Waals surface area contributed by atoms with Crippen molar-refractivity contribution in [2.24, 2.45) is 0 Å². The molecule has 0 atom stereocenters. The summed E-state index contributed by atoms with van der Waals surface area (Å²) in [5, 5.41) is 5.23. The lowest BCUT2D eigenvalue weighted by Crippen LogP contribution is -1.83. The van der Waals surface area contributed by atoms with Gasteiger partial charge >= 0.3 is 0 Å². The first-order valence-electron chi connectivity index (χ1n) is 6.85. The van der Waals surface area contributed by atoms with Crippen LogP contribution in [0.4, 0.5) is 0 Å². The van der Waals surface area contributed by atoms with E-state index in [0.717, 1.165) is 5.69 Å². The molecule has 3 aromatic heterocycles. The van der Waals surface area contributed by atoms with Gasteiger partial charge in [0, 0.05) is 33.4 Å². The number of hydrogen-bond donors (Lipinski definition) is 0. The number of para-hydroxylation sites is 2. The molecule has 0 unspecified atom stereocenters. The van der Waals surface area contributed by atoms with E-state index < -0.39 is 0 Å². The number of fused-ring (bicyclic) bond motifs is 6. The molecule has 0 spiro atoms. The van der Waals surface area contributed by atoms with Crippen LogP contribution in [-0.2, 0) is 0 Å². The van der Waals surface area contributed by atoms with Gasteiger partial charge in [0.05, 0.1) is 16.6 Å². The molecule has 0 amide bonds. The predicted molar refractivity (Wildman–Crippen MR) is 83.6 cm³/mol. The van der Waals surface area contributed by atoms with Crippen molar-refractivity contribution < 1.29 is 0 Å². The Kier molecular flexibility index (Phi) is 1.68. The second kappa shape index (κ2) is 3.28. The lowest BCUT2D eigenvalue weighted by Gasteiger charge is -1.98. The number of aromatic nitrogens is 2. The molecule has 0 fully saturated rings. The van der Waals surface area contributed by atoms with E-state index >= 15 is 0 Å². The standard InChI is InChI=1S/C18H12N2/c1-11-17-14-7-4-6-13-12-5-2-3-8-15(12)20(18(13)14)16(17)9-10-19-11/h2-10H,1H3. The predicted octanol–water partition coefficient (Wildman–Crippen LogP) is 4.54. The van der Waals surface area contributed by atoms with Crippen LogP contribution in [0.3, 0.4) is 0 Å². The van der Waals surface area contributed by atoms with E-state index in [2.05, 4.69) is 64.8 Å². The van der Waals surface area contributed by atoms with Gasteiger partial charge in [0.25, 0.3) is 0 Å². The maximum Gasteiger partial charge on any atom is 0.0621 e. The second-order valence-electron chi connectivity index (χ2n) is 5.34. The fraction of sp³-hybridized carbons (Fsp3) is 0.0556. The van der Waals surface area contributed by atoms with Crippen molar-refractivity contribution in [3.8, 4) is 0 Å². The van der Waals surface area contributed by atoms with Crippen LogP contribution < -0.4 is 0 Å². The third-order valence-electron chi connectivity index (χ3n) is 4.32. The van der Waals surface area contributed by atoms with Crippen LogP contribution in [-0.4, -0.2) is 9.38 Å². The zero-order valence-corrected chi connectivity index (χ0v) is 11.1. The number of benzene rings is 2. The van der Waals surface area contributed by atoms with Crippen LogP contribution in [0.1, 0.15) is 5.69 Å². The molecule has 0 radical (unpaired) electrons. The maximum absolute atomic E-state index is 4.47. The van der Waals surface area contributed by atoms with Crippen molar-refractivity contribution in [2.45, 2.75) is 6.92 Å². The molecule has 0 bridgehead atoms. The van der Waals surface area contributed by atoms with Gasteiger partial charge in [0.2, 0.25) is 0 Å². The first-order valence-corrected chi connectivity index (χ1v) is 6.85. The molecule has 0 saturated carbocycles. The molecule has 0 aliphatic carbocycles. The molecule has 3 heterocycles. The van der Waals surface area contributed by atoms with Gasteiger partial charge in [0.1, 0.15) is 0 Å². The Morgan fingerprint density at radius 3 is 2.55 bits per heavy atom. The monoisotopic (exact) mass is 256 g/mol. The number of rotatable bonds is 0. The fourth-order valence-corrected chi connectivity index (χ4v) is 3.54. The number of aryl methyl sites for hydroxylation is 1. The van der Waals surface area contributed by atoms with Gasteiger partial charge in [0.15, 0.2) is 0 Å². The Hall–Kier alpha value is -2.61. The SMILES string of the molecule is Cc1nccc2c1c1cccc3c4ccccc4n2c31. The van der Waals surface area contributed by atoms with Crippen LogP contribution in [0.15, 0.2) is 54.7 Å². The maximum atomic E-state index is 4.47. The highest BCUT2D eigenvalue weighted by Gasteiger charge is 2.17. The summed E-state index contributed by atoms with van der Waals surface area (Å²) in [6.07, 6.45) is 1.90. The average molecular weight is 256 g/mol. The Morgan fingerprint density at radius 1 is 0.800 bits per heavy atom. The molecule has 0 aliphatic heterocycles. The summed E-state index contributed by atoms with van der Waals surface area (Å²) < 4.78 is 2.38. The normalized spacial score (nSPS) is 12.2. The van der Waals surface area contributed by atoms with Crippen molar-refractivity contribution in [3.05, 3.63) is 60.4 Å². The van der Waals surface area contributed by atoms with Crippen LogP contribution in [0.5, 0.6) is 0 Å². The largest absolute Gasteiger partial charge is 0.308 e. The van der Waals surface area contributed by atoms with Gasteiger partial charge < -0.3 is 4.40 Å². The lowest BCUT2D eigenvalue weighted by molar-refractivity contribution is 1.23. The van der Waals surface area contributed by atoms with E-state index in [-0.39, 0.29) is 0 Å². The molecule has 5 aromatic rings. The summed E-state index contributed by atoms with van der Waals surface area (Å²) in [6, 6.07) is 17.3. The average Bonchev–Trinajstić information content (AvgIpc) is 2.99. The molecule has 0 saturated heterocycles. The van der Waals surface area contributed by atoms with E-state index in [1.807, 2.05) is 6.20 Å². The molecule has 20 heavy (non-hydrogen) atoms. The molecular formula is C18H12N2. The molecule has 0 N–H and O–H groups in total. The summed E-state index contributed by atoms with van der Waals surface area (Å²) in [5.41, 5.74) is 4.95. The van der Waals surface area contributed by atoms with Gasteiger partial charge in [-0.15, -0.1) is 0 Å². The molecular weight excluding hydrogens is 244 g/mol. The topological polar surface area (TPSA) is 17.3 Å². The van der Waals surface area contributed by atoms with Crippen LogP contribution in [0.25, 0.3) is 38.1 Å². The first-order chi connectivity index (χ1) is 9.86. The Labute approximate surface area is 115 Å². The van der Waals surface area contributed by atoms with E-state index in [4.69, 9.17) is 0 Å². The minimum Gasteiger partial charge on any atom is -0.308 e. The van der Waals surface area contributed by atoms with Crippen LogP contribution in [0.2, 0.25) is 0 Å². The van der Waals surface area contributed by atoms with E-state index in [9.17, 15) is 0 Å². The van der Waals surface area contributed by atoms with Crippen molar-refractivity contribution in [2.75, 3.05) is 0 Å². The van der Waals surface area contributed by atoms with Crippen molar-refractivity contribution in [1.29, 1.82) is 0 Å². The zero-order valence-electron chi connectivity index (χ0n) is 11.1. The third-order valence-corrected chi connectivity index (χ3v) is 4.32. The van der Waals surface area contributed by atoms with Crippen molar-refractivity contribution in [3.63, 3.8) is 0 Å². The highest BCUT2D eigenvalue weighted by molar-refractivity contribution is 6.23. The highest BCUT2D eigenvalue weighted by atomic mass is 14.9. The summed E-state index contributed by atoms with van der Waals surface area (Å²) in [5.74, 6) is 0. The molecule has 2 nitrogen and oxygen atoms in total. The molecule has 94 valence electrons. The summed E-state index contributed by atoms with van der Waals surface area (Å²) in [4.78, 5) is 4.47. The van der Waals surface area contributed by atoms with E-state index in [0.29, 0.717) is 0 Å². The van der Waals surface area contributed by atoms with Crippen LogP contribution >= 0.6 is 0 Å². The molecule has 2 aromatic carbocycles. The van der Waals surface area contributed by atoms with Gasteiger partial charge in [-0.1, -0.05) is 36.4 Å². The number of hydrogen-bond acceptors (Lipinski definition) is 1. The summed E-state index contributed by atoms with van der Waals surface area (Å²) in [6.45, 7) is 2.09. The smallest absolute Gasteiger partial charge is 0.0621 e. The van der Waals surface area contributed by atoms with Gasteiger partial charge in [-0.2, -0.15) is 0 Å². The fourth-order valence-electron chi connectivity index (χ4n) is 3.54. The Balaban J connectivity index is 2.31. The number of nitrogens with zero attached hydrogens (tertiary/aromatic N) is 2. The molecule has 2 heteroatoms. The second-order valence-corrected chi connectivity index (χ2v) is 5.34. The summed E-state index contributed by atoms with van der Waals surface area (Å²) in [7, 11) is 0. The Bertz CT molecular complexity index is 1100. The summed E-state index contributed by atoms with van der Waals surface area (Å²) >= 11 is 0. The first kappa shape index (κ1) is 10.2. The third kappa shape index (κ3) is 1.00. The Morgan fingerprint density at radius 2 is 1.60 bits per heavy atom. The quantitative estimate of drug-likeness (QED) is 0.397. The van der Waals surface area contributed by atoms with Gasteiger partial charge in [-0.25, -0.2) is 0 Å². The van der Waals surface area contributed by atoms with Gasteiger partial charge in [-0.05, 0) is 19.1 Å². The molecule has 5 rings (SSSR count). The number of pyridine rings is 1. The van der Waals surface area contributed by atoms with E-state index in [1.54, 1.807) is 0 Å². The van der Waals surface area contributed by atoms with Crippen LogP contribution in [0, 0.1) is 6.92 Å². The van der Waals surface area contributed by atoms with Crippen molar-refractivity contribution >= 4 is 38.1 Å². The minimum absolute atomic E-state index is 1.10. The molecule has 0 aliphatic rings. The lowest BCUT2D eigenvalue weighted by atomic mass is 10.1. The van der Waals surface area contributed by atoms with E-state index in [1.165, 1.54) is 38.1 Å². The zero-order chi connectivity index (χ0) is 13.3. The minimum atomic E-state index is 1.10.